The van der Waals surface area contributed by atoms with Crippen molar-refractivity contribution in [2.75, 3.05) is 26.4 Å². The Morgan fingerprint density at radius 1 is 1.11 bits per heavy atom. The van der Waals surface area contributed by atoms with Gasteiger partial charge in [0.15, 0.2) is 17.4 Å². The summed E-state index contributed by atoms with van der Waals surface area (Å²) in [6.07, 6.45) is 2.75. The predicted molar refractivity (Wildman–Crippen MR) is 105 cm³/mol. The van der Waals surface area contributed by atoms with Crippen molar-refractivity contribution < 1.29 is 23.4 Å². The standard InChI is InChI=1S/C20H30BrF2NO3/c1-19(2)6-5-7-20(3,4)24(19)12-15(25)13-26-8-9-27-18-16(22)10-14(21)11-17(18)23/h10-11,15,25H,5-9,12-13H2,1-4H3. The van der Waals surface area contributed by atoms with Gasteiger partial charge in [-0.3, -0.25) is 4.90 Å². The van der Waals surface area contributed by atoms with Gasteiger partial charge >= 0.3 is 0 Å². The van der Waals surface area contributed by atoms with E-state index in [0.717, 1.165) is 25.0 Å². The highest BCUT2D eigenvalue weighted by atomic mass is 79.9. The molecule has 2 rings (SSSR count). The van der Waals surface area contributed by atoms with Crippen molar-refractivity contribution in [1.29, 1.82) is 0 Å². The molecule has 1 fully saturated rings. The summed E-state index contributed by atoms with van der Waals surface area (Å²) in [6.45, 7) is 9.64. The zero-order valence-corrected chi connectivity index (χ0v) is 18.1. The van der Waals surface area contributed by atoms with Gasteiger partial charge < -0.3 is 14.6 Å². The Morgan fingerprint density at radius 2 is 1.67 bits per heavy atom. The summed E-state index contributed by atoms with van der Waals surface area (Å²) in [7, 11) is 0. The Hall–Kier alpha value is -0.760. The molecule has 1 saturated heterocycles. The van der Waals surface area contributed by atoms with Gasteiger partial charge in [-0.15, -0.1) is 0 Å². The van der Waals surface area contributed by atoms with Crippen LogP contribution in [0.25, 0.3) is 0 Å². The minimum atomic E-state index is -0.767. The lowest BCUT2D eigenvalue weighted by atomic mass is 9.79. The van der Waals surface area contributed by atoms with E-state index in [1.807, 2.05) is 0 Å². The van der Waals surface area contributed by atoms with Crippen molar-refractivity contribution in [3.63, 3.8) is 0 Å². The first-order valence-electron chi connectivity index (χ1n) is 9.34. The molecule has 27 heavy (non-hydrogen) atoms. The molecule has 1 N–H and O–H groups in total. The van der Waals surface area contributed by atoms with Gasteiger partial charge in [0.2, 0.25) is 0 Å². The van der Waals surface area contributed by atoms with Gasteiger partial charge in [-0.2, -0.15) is 0 Å². The third-order valence-corrected chi connectivity index (χ3v) is 5.64. The van der Waals surface area contributed by atoms with E-state index in [1.54, 1.807) is 0 Å². The van der Waals surface area contributed by atoms with Gasteiger partial charge in [0.05, 0.1) is 19.3 Å². The number of benzene rings is 1. The molecule has 0 aliphatic carbocycles. The quantitative estimate of drug-likeness (QED) is 0.592. The molecular weight excluding hydrogens is 420 g/mol. The van der Waals surface area contributed by atoms with Crippen LogP contribution in [0, 0.1) is 11.6 Å². The second-order valence-corrected chi connectivity index (χ2v) is 9.28. The average Bonchev–Trinajstić information content (AvgIpc) is 2.52. The van der Waals surface area contributed by atoms with Gasteiger partial charge in [0.25, 0.3) is 0 Å². The number of halogens is 3. The molecule has 0 aromatic heterocycles. The molecule has 0 saturated carbocycles. The van der Waals surface area contributed by atoms with Crippen LogP contribution in [0.4, 0.5) is 8.78 Å². The number of ether oxygens (including phenoxy) is 2. The summed E-state index contributed by atoms with van der Waals surface area (Å²) >= 11 is 3.02. The zero-order chi connectivity index (χ0) is 20.2. The lowest BCUT2D eigenvalue weighted by Gasteiger charge is -2.53. The highest BCUT2D eigenvalue weighted by molar-refractivity contribution is 9.10. The van der Waals surface area contributed by atoms with E-state index < -0.39 is 23.5 Å². The van der Waals surface area contributed by atoms with Gasteiger partial charge in [-0.25, -0.2) is 8.78 Å². The van der Waals surface area contributed by atoms with E-state index in [9.17, 15) is 13.9 Å². The number of rotatable bonds is 8. The van der Waals surface area contributed by atoms with Crippen molar-refractivity contribution in [1.82, 2.24) is 4.90 Å². The second-order valence-electron chi connectivity index (χ2n) is 8.36. The monoisotopic (exact) mass is 449 g/mol. The maximum Gasteiger partial charge on any atom is 0.190 e. The number of aliphatic hydroxyl groups excluding tert-OH is 1. The van der Waals surface area contributed by atoms with Crippen LogP contribution in [0.1, 0.15) is 47.0 Å². The van der Waals surface area contributed by atoms with Crippen molar-refractivity contribution in [3.8, 4) is 5.75 Å². The summed E-state index contributed by atoms with van der Waals surface area (Å²) in [6, 6.07) is 2.29. The van der Waals surface area contributed by atoms with Crippen molar-refractivity contribution in [2.24, 2.45) is 0 Å². The Balaban J connectivity index is 1.76. The van der Waals surface area contributed by atoms with Crippen LogP contribution in [0.15, 0.2) is 16.6 Å². The maximum absolute atomic E-state index is 13.7. The fraction of sp³-hybridized carbons (Fsp3) is 0.700. The predicted octanol–water partition coefficient (Wildman–Crippen LogP) is 4.53. The van der Waals surface area contributed by atoms with Crippen LogP contribution in [-0.2, 0) is 4.74 Å². The number of likely N-dealkylation sites (tertiary alicyclic amines) is 1. The van der Waals surface area contributed by atoms with E-state index in [4.69, 9.17) is 9.47 Å². The van der Waals surface area contributed by atoms with E-state index in [1.165, 1.54) is 6.42 Å². The van der Waals surface area contributed by atoms with Crippen LogP contribution >= 0.6 is 15.9 Å². The molecule has 1 aliphatic heterocycles. The summed E-state index contributed by atoms with van der Waals surface area (Å²) in [5, 5.41) is 10.4. The van der Waals surface area contributed by atoms with E-state index >= 15 is 0 Å². The highest BCUT2D eigenvalue weighted by Crippen LogP contribution is 2.38. The van der Waals surface area contributed by atoms with Crippen LogP contribution in [-0.4, -0.2) is 53.6 Å². The molecule has 0 bridgehead atoms. The molecule has 1 aromatic rings. The molecule has 4 nitrogen and oxygen atoms in total. The summed E-state index contributed by atoms with van der Waals surface area (Å²) in [5.74, 6) is -1.95. The zero-order valence-electron chi connectivity index (χ0n) is 16.5. The molecule has 0 radical (unpaired) electrons. The topological polar surface area (TPSA) is 41.9 Å². The number of aliphatic hydroxyl groups is 1. The summed E-state index contributed by atoms with van der Waals surface area (Å²) in [4.78, 5) is 2.35. The van der Waals surface area contributed by atoms with E-state index in [0.29, 0.717) is 11.0 Å². The lowest BCUT2D eigenvalue weighted by molar-refractivity contribution is -0.0711. The fourth-order valence-corrected chi connectivity index (χ4v) is 4.29. The lowest BCUT2D eigenvalue weighted by Crippen LogP contribution is -2.60. The molecule has 0 amide bonds. The van der Waals surface area contributed by atoms with E-state index in [2.05, 4.69) is 48.5 Å². The minimum Gasteiger partial charge on any atom is -0.485 e. The molecule has 1 unspecified atom stereocenters. The van der Waals surface area contributed by atoms with Gasteiger partial charge in [-0.1, -0.05) is 15.9 Å². The van der Waals surface area contributed by atoms with Crippen LogP contribution < -0.4 is 4.74 Å². The number of piperidine rings is 1. The van der Waals surface area contributed by atoms with Crippen LogP contribution in [0.5, 0.6) is 5.75 Å². The average molecular weight is 450 g/mol. The molecule has 1 aliphatic rings. The fourth-order valence-electron chi connectivity index (χ4n) is 3.89. The Bertz CT molecular complexity index is 601. The van der Waals surface area contributed by atoms with Crippen LogP contribution in [0.3, 0.4) is 0 Å². The highest BCUT2D eigenvalue weighted by Gasteiger charge is 2.41. The number of β-amino-alcohol motifs (C(OH)–C–C–N with tert-alkyl or cyclic N) is 1. The third kappa shape index (κ3) is 6.11. The van der Waals surface area contributed by atoms with Crippen molar-refractivity contribution in [2.45, 2.75) is 64.1 Å². The Morgan fingerprint density at radius 3 is 2.22 bits per heavy atom. The molecule has 1 aromatic carbocycles. The first-order chi connectivity index (χ1) is 12.5. The molecule has 7 heteroatoms. The van der Waals surface area contributed by atoms with Crippen molar-refractivity contribution >= 4 is 15.9 Å². The van der Waals surface area contributed by atoms with Crippen molar-refractivity contribution in [3.05, 3.63) is 28.2 Å². The molecule has 1 heterocycles. The number of nitrogens with zero attached hydrogens (tertiary/aromatic N) is 1. The van der Waals surface area contributed by atoms with Crippen LogP contribution in [0.2, 0.25) is 0 Å². The molecular formula is C20H30BrF2NO3. The first-order valence-corrected chi connectivity index (χ1v) is 10.1. The normalized spacial score (nSPS) is 20.4. The SMILES string of the molecule is CC1(C)CCCC(C)(C)N1CC(O)COCCOc1c(F)cc(Br)cc1F. The Kier molecular flexibility index (Phi) is 7.64. The third-order valence-electron chi connectivity index (χ3n) is 5.18. The van der Waals surface area contributed by atoms with Gasteiger partial charge in [0, 0.05) is 22.1 Å². The van der Waals surface area contributed by atoms with Gasteiger partial charge in [0.1, 0.15) is 6.61 Å². The van der Waals surface area contributed by atoms with Gasteiger partial charge in [-0.05, 0) is 59.1 Å². The smallest absolute Gasteiger partial charge is 0.190 e. The number of hydrogen-bond acceptors (Lipinski definition) is 4. The van der Waals surface area contributed by atoms with E-state index in [-0.39, 0.29) is 30.9 Å². The largest absolute Gasteiger partial charge is 0.485 e. The molecule has 154 valence electrons. The maximum atomic E-state index is 13.7. The molecule has 0 spiro atoms. The first kappa shape index (κ1) is 22.5. The molecule has 1 atom stereocenters. The summed E-state index contributed by atoms with van der Waals surface area (Å²) in [5.41, 5.74) is 0.0605. The minimum absolute atomic E-state index is 0.00287. The Labute approximate surface area is 169 Å². The second kappa shape index (κ2) is 9.16. The summed E-state index contributed by atoms with van der Waals surface area (Å²) < 4.78 is 38.2. The number of hydrogen-bond donors (Lipinski definition) is 1.